The van der Waals surface area contributed by atoms with E-state index >= 15 is 0 Å². The highest BCUT2D eigenvalue weighted by Gasteiger charge is 2.37. The molecule has 0 unspecified atom stereocenters. The standard InChI is InChI=1S/C41H46ClN3O7/c1-50-38(47)36(23-28-5-3-2-4-6-28)44-40(48)43-25-29-7-13-32(14-8-29)39-51-35(24-37(52-39)31-11-9-30(27-46)10-12-31)26-45-21-19-41(49,20-22-45)33-15-17-34(42)18-16-33/h2-18,35-37,39,46,49H,19-27H2,1H3,(H2,43,44,48)/t35-,36-,37+,39+/m0/s1. The van der Waals surface area contributed by atoms with Gasteiger partial charge in [-0.25, -0.2) is 9.59 Å². The number of piperidine rings is 1. The lowest BCUT2D eigenvalue weighted by molar-refractivity contribution is -0.253. The molecule has 0 saturated carbocycles. The molecule has 0 aromatic heterocycles. The van der Waals surface area contributed by atoms with Crippen LogP contribution in [0.3, 0.4) is 0 Å². The first kappa shape index (κ1) is 37.5. The fourth-order valence-corrected chi connectivity index (χ4v) is 6.97. The third-order valence-electron chi connectivity index (χ3n) is 9.92. The fraction of sp³-hybridized carbons (Fsp3) is 0.366. The first-order valence-corrected chi connectivity index (χ1v) is 18.1. The quantitative estimate of drug-likeness (QED) is 0.132. The number of benzene rings is 4. The molecule has 6 rings (SSSR count). The summed E-state index contributed by atoms with van der Waals surface area (Å²) in [4.78, 5) is 27.5. The van der Waals surface area contributed by atoms with Crippen molar-refractivity contribution in [1.29, 1.82) is 0 Å². The maximum absolute atomic E-state index is 12.8. The molecule has 2 heterocycles. The molecule has 10 nitrogen and oxygen atoms in total. The number of esters is 1. The Morgan fingerprint density at radius 2 is 1.54 bits per heavy atom. The summed E-state index contributed by atoms with van der Waals surface area (Å²) in [6.07, 6.45) is 1.20. The fourth-order valence-electron chi connectivity index (χ4n) is 6.84. The molecule has 2 fully saturated rings. The predicted octanol–water partition coefficient (Wildman–Crippen LogP) is 5.94. The summed E-state index contributed by atoms with van der Waals surface area (Å²) >= 11 is 6.08. The van der Waals surface area contributed by atoms with Crippen LogP contribution in [0.2, 0.25) is 5.02 Å². The summed E-state index contributed by atoms with van der Waals surface area (Å²) in [5.41, 5.74) is 4.46. The molecule has 2 aliphatic rings. The van der Waals surface area contributed by atoms with E-state index < -0.39 is 29.9 Å². The van der Waals surface area contributed by atoms with Crippen molar-refractivity contribution in [2.24, 2.45) is 0 Å². The molecule has 4 aromatic carbocycles. The number of carbonyl (C=O) groups excluding carboxylic acids is 2. The summed E-state index contributed by atoms with van der Waals surface area (Å²) in [5.74, 6) is -0.517. The average Bonchev–Trinajstić information content (AvgIpc) is 3.18. The molecule has 2 aliphatic heterocycles. The van der Waals surface area contributed by atoms with Crippen molar-refractivity contribution in [3.05, 3.63) is 142 Å². The molecule has 0 bridgehead atoms. The minimum atomic E-state index is -0.889. The second-order valence-electron chi connectivity index (χ2n) is 13.5. The van der Waals surface area contributed by atoms with Crippen LogP contribution in [0.4, 0.5) is 4.79 Å². The van der Waals surface area contributed by atoms with Gasteiger partial charge in [0.15, 0.2) is 6.29 Å². The number of nitrogens with one attached hydrogen (secondary N) is 2. The van der Waals surface area contributed by atoms with E-state index in [1.807, 2.05) is 103 Å². The topological polar surface area (TPSA) is 130 Å². The zero-order chi connectivity index (χ0) is 36.5. The van der Waals surface area contributed by atoms with Crippen LogP contribution >= 0.6 is 11.6 Å². The summed E-state index contributed by atoms with van der Waals surface area (Å²) < 4.78 is 18.0. The van der Waals surface area contributed by atoms with Gasteiger partial charge in [-0.2, -0.15) is 0 Å². The van der Waals surface area contributed by atoms with E-state index in [0.29, 0.717) is 37.3 Å². The van der Waals surface area contributed by atoms with Crippen molar-refractivity contribution < 1.29 is 34.0 Å². The zero-order valence-electron chi connectivity index (χ0n) is 29.2. The molecule has 274 valence electrons. The van der Waals surface area contributed by atoms with Gasteiger partial charge in [0.25, 0.3) is 0 Å². The minimum absolute atomic E-state index is 0.0279. The highest BCUT2D eigenvalue weighted by atomic mass is 35.5. The summed E-state index contributed by atoms with van der Waals surface area (Å²) in [6.45, 7) is 2.36. The Bertz CT molecular complexity index is 1750. The Labute approximate surface area is 309 Å². The lowest BCUT2D eigenvalue weighted by Crippen LogP contribution is -2.47. The largest absolute Gasteiger partial charge is 0.467 e. The van der Waals surface area contributed by atoms with Crippen molar-refractivity contribution in [1.82, 2.24) is 15.5 Å². The highest BCUT2D eigenvalue weighted by Crippen LogP contribution is 2.39. The van der Waals surface area contributed by atoms with Gasteiger partial charge in [-0.05, 0) is 52.8 Å². The molecule has 52 heavy (non-hydrogen) atoms. The van der Waals surface area contributed by atoms with E-state index in [2.05, 4.69) is 15.5 Å². The number of rotatable bonds is 12. The first-order valence-electron chi connectivity index (χ1n) is 17.7. The van der Waals surface area contributed by atoms with E-state index in [4.69, 9.17) is 25.8 Å². The monoisotopic (exact) mass is 727 g/mol. The van der Waals surface area contributed by atoms with Crippen molar-refractivity contribution in [2.45, 2.75) is 69.0 Å². The van der Waals surface area contributed by atoms with Gasteiger partial charge in [-0.1, -0.05) is 103 Å². The van der Waals surface area contributed by atoms with Crippen molar-refractivity contribution >= 4 is 23.6 Å². The van der Waals surface area contributed by atoms with Crippen LogP contribution in [-0.4, -0.2) is 66.0 Å². The SMILES string of the molecule is COC(=O)[C@H](Cc1ccccc1)NC(=O)NCc1ccc([C@@H]2O[C@H](CN3CCC(O)(c4ccc(Cl)cc4)CC3)C[C@H](c3ccc(CO)cc3)O2)cc1. The minimum Gasteiger partial charge on any atom is -0.467 e. The molecule has 4 N–H and O–H groups in total. The third kappa shape index (κ3) is 9.77. The normalized spacial score (nSPS) is 20.8. The van der Waals surface area contributed by atoms with Crippen LogP contribution in [0.5, 0.6) is 0 Å². The Morgan fingerprint density at radius 3 is 2.19 bits per heavy atom. The number of hydrogen-bond acceptors (Lipinski definition) is 8. The van der Waals surface area contributed by atoms with E-state index in [1.165, 1.54) is 7.11 Å². The lowest BCUT2D eigenvalue weighted by atomic mass is 9.84. The number of urea groups is 1. The number of likely N-dealkylation sites (tertiary alicyclic amines) is 1. The highest BCUT2D eigenvalue weighted by molar-refractivity contribution is 6.30. The van der Waals surface area contributed by atoms with Gasteiger partial charge in [-0.3, -0.25) is 0 Å². The van der Waals surface area contributed by atoms with Gasteiger partial charge in [0.2, 0.25) is 0 Å². The molecular weight excluding hydrogens is 682 g/mol. The maximum atomic E-state index is 12.8. The second kappa shape index (κ2) is 17.5. The van der Waals surface area contributed by atoms with Crippen LogP contribution in [0, 0.1) is 0 Å². The van der Waals surface area contributed by atoms with E-state index in [9.17, 15) is 19.8 Å². The first-order chi connectivity index (χ1) is 25.2. The number of ether oxygens (including phenoxy) is 3. The number of methoxy groups -OCH3 is 1. The molecule has 2 amide bonds. The van der Waals surface area contributed by atoms with Crippen molar-refractivity contribution in [3.63, 3.8) is 0 Å². The number of aliphatic hydroxyl groups excluding tert-OH is 1. The average molecular weight is 728 g/mol. The van der Waals surface area contributed by atoms with Gasteiger partial charge < -0.3 is 40.0 Å². The number of nitrogens with zero attached hydrogens (tertiary/aromatic N) is 1. The smallest absolute Gasteiger partial charge is 0.328 e. The zero-order valence-corrected chi connectivity index (χ0v) is 30.0. The van der Waals surface area contributed by atoms with E-state index in [1.54, 1.807) is 0 Å². The number of amides is 2. The van der Waals surface area contributed by atoms with Crippen molar-refractivity contribution in [3.8, 4) is 0 Å². The van der Waals surface area contributed by atoms with Gasteiger partial charge in [0.1, 0.15) is 6.04 Å². The Morgan fingerprint density at radius 1 is 0.885 bits per heavy atom. The van der Waals surface area contributed by atoms with Crippen LogP contribution in [0.1, 0.15) is 65.0 Å². The number of halogens is 1. The maximum Gasteiger partial charge on any atom is 0.328 e. The van der Waals surface area contributed by atoms with Crippen molar-refractivity contribution in [2.75, 3.05) is 26.7 Å². The molecular formula is C41H46ClN3O7. The van der Waals surface area contributed by atoms with Gasteiger partial charge >= 0.3 is 12.0 Å². The molecule has 0 radical (unpaired) electrons. The van der Waals surface area contributed by atoms with Gasteiger partial charge in [-0.15, -0.1) is 0 Å². The Kier molecular flexibility index (Phi) is 12.6. The molecule has 0 spiro atoms. The molecule has 2 saturated heterocycles. The van der Waals surface area contributed by atoms with Crippen LogP contribution < -0.4 is 10.6 Å². The van der Waals surface area contributed by atoms with E-state index in [-0.39, 0.29) is 25.4 Å². The van der Waals surface area contributed by atoms with Crippen LogP contribution in [-0.2, 0) is 44.2 Å². The molecule has 4 aromatic rings. The Balaban J connectivity index is 1.08. The van der Waals surface area contributed by atoms with Gasteiger partial charge in [0.05, 0.1) is 31.5 Å². The van der Waals surface area contributed by atoms with E-state index in [0.717, 1.165) is 46.5 Å². The molecule has 0 aliphatic carbocycles. The predicted molar refractivity (Wildman–Crippen MR) is 197 cm³/mol. The number of aliphatic hydroxyl groups is 2. The molecule has 4 atom stereocenters. The van der Waals surface area contributed by atoms with Gasteiger partial charge in [0, 0.05) is 49.6 Å². The summed E-state index contributed by atoms with van der Waals surface area (Å²) in [5, 5.41) is 27.2. The Hall–Kier alpha value is -4.29. The van der Waals surface area contributed by atoms with Crippen LogP contribution in [0.25, 0.3) is 0 Å². The number of carbonyl (C=O) groups is 2. The summed E-state index contributed by atoms with van der Waals surface area (Å²) in [7, 11) is 1.30. The summed E-state index contributed by atoms with van der Waals surface area (Å²) in [6, 6.07) is 31.1. The third-order valence-corrected chi connectivity index (χ3v) is 10.2. The molecule has 11 heteroatoms. The second-order valence-corrected chi connectivity index (χ2v) is 14.0. The van der Waals surface area contributed by atoms with Crippen LogP contribution in [0.15, 0.2) is 103 Å². The number of hydrogen-bond donors (Lipinski definition) is 4. The lowest BCUT2D eigenvalue weighted by Gasteiger charge is -2.42.